The number of carbonyl (C=O) groups excluding carboxylic acids is 1. The van der Waals surface area contributed by atoms with Crippen LogP contribution < -0.4 is 20.3 Å². The number of aromatic nitrogens is 4. The maximum Gasteiger partial charge on any atom is 0.323 e. The second-order valence-corrected chi connectivity index (χ2v) is 7.07. The Kier molecular flexibility index (Phi) is 7.56. The van der Waals surface area contributed by atoms with E-state index in [-0.39, 0.29) is 12.0 Å². The number of benzene rings is 1. The number of carbonyl (C=O) groups is 1. The molecule has 3 heterocycles. The number of methoxy groups -OCH3 is 1. The third-order valence-corrected chi connectivity index (χ3v) is 4.75. The molecule has 2 amide bonds. The van der Waals surface area contributed by atoms with Gasteiger partial charge in [0.1, 0.15) is 6.61 Å². The SMILES string of the molecule is COCCOc1nc(-c2ccc(NC(=O)Nc3ccncc3)cc2)nc(N2CCOCC2)n1. The highest BCUT2D eigenvalue weighted by molar-refractivity contribution is 5.99. The Balaban J connectivity index is 1.49. The smallest absolute Gasteiger partial charge is 0.323 e. The molecule has 11 nitrogen and oxygen atoms in total. The summed E-state index contributed by atoms with van der Waals surface area (Å²) in [5.74, 6) is 1.02. The average Bonchev–Trinajstić information content (AvgIpc) is 2.85. The highest BCUT2D eigenvalue weighted by Crippen LogP contribution is 2.23. The summed E-state index contributed by atoms with van der Waals surface area (Å²) in [6.45, 7) is 3.37. The summed E-state index contributed by atoms with van der Waals surface area (Å²) in [4.78, 5) is 31.7. The molecule has 1 aliphatic heterocycles. The molecule has 11 heteroatoms. The van der Waals surface area contributed by atoms with Crippen LogP contribution >= 0.6 is 0 Å². The first-order valence-electron chi connectivity index (χ1n) is 10.5. The Labute approximate surface area is 191 Å². The van der Waals surface area contributed by atoms with E-state index in [4.69, 9.17) is 14.2 Å². The molecule has 0 unspecified atom stereocenters. The number of amides is 2. The number of urea groups is 1. The van der Waals surface area contributed by atoms with Crippen molar-refractivity contribution >= 4 is 23.4 Å². The Morgan fingerprint density at radius 3 is 2.36 bits per heavy atom. The van der Waals surface area contributed by atoms with E-state index in [9.17, 15) is 4.79 Å². The van der Waals surface area contributed by atoms with Crippen LogP contribution in [0, 0.1) is 0 Å². The van der Waals surface area contributed by atoms with Crippen LogP contribution in [0.3, 0.4) is 0 Å². The largest absolute Gasteiger partial charge is 0.461 e. The highest BCUT2D eigenvalue weighted by atomic mass is 16.5. The summed E-state index contributed by atoms with van der Waals surface area (Å²) in [5.41, 5.74) is 2.05. The number of hydrogen-bond acceptors (Lipinski definition) is 9. The molecular weight excluding hydrogens is 426 g/mol. The highest BCUT2D eigenvalue weighted by Gasteiger charge is 2.18. The van der Waals surface area contributed by atoms with Crippen molar-refractivity contribution in [3.05, 3.63) is 48.8 Å². The molecule has 2 aromatic heterocycles. The lowest BCUT2D eigenvalue weighted by Crippen LogP contribution is -2.37. The van der Waals surface area contributed by atoms with Gasteiger partial charge in [-0.25, -0.2) is 4.79 Å². The van der Waals surface area contributed by atoms with Crippen LogP contribution in [-0.4, -0.2) is 72.6 Å². The number of anilines is 3. The second kappa shape index (κ2) is 11.2. The summed E-state index contributed by atoms with van der Waals surface area (Å²) in [6.07, 6.45) is 3.22. The van der Waals surface area contributed by atoms with Crippen LogP contribution in [-0.2, 0) is 9.47 Å². The van der Waals surface area contributed by atoms with Crippen LogP contribution in [0.2, 0.25) is 0 Å². The molecule has 0 radical (unpaired) electrons. The minimum atomic E-state index is -0.349. The zero-order valence-electron chi connectivity index (χ0n) is 18.2. The van der Waals surface area contributed by atoms with Gasteiger partial charge < -0.3 is 29.7 Å². The number of rotatable bonds is 8. The first-order valence-corrected chi connectivity index (χ1v) is 10.5. The van der Waals surface area contributed by atoms with Gasteiger partial charge in [0.25, 0.3) is 0 Å². The molecule has 0 aliphatic carbocycles. The zero-order valence-corrected chi connectivity index (χ0v) is 18.2. The van der Waals surface area contributed by atoms with Gasteiger partial charge in [0.15, 0.2) is 5.82 Å². The van der Waals surface area contributed by atoms with Crippen molar-refractivity contribution in [1.29, 1.82) is 0 Å². The van der Waals surface area contributed by atoms with Gasteiger partial charge in [0, 0.05) is 49.5 Å². The molecule has 1 fully saturated rings. The maximum atomic E-state index is 12.2. The number of ether oxygens (including phenoxy) is 3. The predicted octanol–water partition coefficient (Wildman–Crippen LogP) is 2.44. The van der Waals surface area contributed by atoms with E-state index in [0.29, 0.717) is 62.7 Å². The van der Waals surface area contributed by atoms with E-state index in [0.717, 1.165) is 5.56 Å². The molecule has 0 atom stereocenters. The topological polar surface area (TPSA) is 124 Å². The Bertz CT molecular complexity index is 1040. The van der Waals surface area contributed by atoms with Gasteiger partial charge in [-0.3, -0.25) is 4.98 Å². The summed E-state index contributed by atoms with van der Waals surface area (Å²) in [6, 6.07) is 10.5. The Hall–Kier alpha value is -3.83. The lowest BCUT2D eigenvalue weighted by molar-refractivity contribution is 0.121. The molecule has 172 valence electrons. The van der Waals surface area contributed by atoms with Gasteiger partial charge in [-0.2, -0.15) is 15.0 Å². The van der Waals surface area contributed by atoms with Gasteiger partial charge >= 0.3 is 12.0 Å². The summed E-state index contributed by atoms with van der Waals surface area (Å²) < 4.78 is 16.1. The minimum Gasteiger partial charge on any atom is -0.461 e. The summed E-state index contributed by atoms with van der Waals surface area (Å²) >= 11 is 0. The van der Waals surface area contributed by atoms with Crippen molar-refractivity contribution in [1.82, 2.24) is 19.9 Å². The number of nitrogens with zero attached hydrogens (tertiary/aromatic N) is 5. The van der Waals surface area contributed by atoms with Crippen molar-refractivity contribution in [3.63, 3.8) is 0 Å². The fourth-order valence-electron chi connectivity index (χ4n) is 3.09. The predicted molar refractivity (Wildman–Crippen MR) is 123 cm³/mol. The molecule has 1 aliphatic rings. The second-order valence-electron chi connectivity index (χ2n) is 7.07. The third kappa shape index (κ3) is 6.34. The van der Waals surface area contributed by atoms with E-state index < -0.39 is 0 Å². The number of hydrogen-bond donors (Lipinski definition) is 2. The lowest BCUT2D eigenvalue weighted by Gasteiger charge is -2.27. The van der Waals surface area contributed by atoms with E-state index >= 15 is 0 Å². The van der Waals surface area contributed by atoms with Crippen molar-refractivity contribution in [2.24, 2.45) is 0 Å². The molecule has 0 saturated carbocycles. The molecule has 2 N–H and O–H groups in total. The van der Waals surface area contributed by atoms with Crippen LogP contribution in [0.5, 0.6) is 6.01 Å². The maximum absolute atomic E-state index is 12.2. The van der Waals surface area contributed by atoms with E-state index in [2.05, 4.69) is 30.6 Å². The van der Waals surface area contributed by atoms with Crippen molar-refractivity contribution in [3.8, 4) is 17.4 Å². The number of morpholine rings is 1. The molecule has 0 spiro atoms. The Morgan fingerprint density at radius 1 is 0.970 bits per heavy atom. The first-order chi connectivity index (χ1) is 16.2. The van der Waals surface area contributed by atoms with Gasteiger partial charge in [-0.05, 0) is 36.4 Å². The quantitative estimate of drug-likeness (QED) is 0.497. The van der Waals surface area contributed by atoms with Gasteiger partial charge in [-0.1, -0.05) is 0 Å². The molecule has 1 saturated heterocycles. The van der Waals surface area contributed by atoms with E-state index in [1.165, 1.54) is 0 Å². The monoisotopic (exact) mass is 451 g/mol. The van der Waals surface area contributed by atoms with Gasteiger partial charge in [0.05, 0.1) is 19.8 Å². The number of nitrogens with one attached hydrogen (secondary N) is 2. The molecule has 3 aromatic rings. The van der Waals surface area contributed by atoms with Crippen molar-refractivity contribution in [2.75, 3.05) is 62.2 Å². The van der Waals surface area contributed by atoms with E-state index in [1.807, 2.05) is 17.0 Å². The van der Waals surface area contributed by atoms with Gasteiger partial charge in [-0.15, -0.1) is 0 Å². The van der Waals surface area contributed by atoms with Gasteiger partial charge in [0.2, 0.25) is 5.95 Å². The van der Waals surface area contributed by atoms with Crippen LogP contribution in [0.4, 0.5) is 22.1 Å². The molecule has 1 aromatic carbocycles. The van der Waals surface area contributed by atoms with Crippen molar-refractivity contribution < 1.29 is 19.0 Å². The molecular formula is C22H25N7O4. The lowest BCUT2D eigenvalue weighted by atomic mass is 10.2. The molecule has 33 heavy (non-hydrogen) atoms. The van der Waals surface area contributed by atoms with Crippen LogP contribution in [0.15, 0.2) is 48.8 Å². The van der Waals surface area contributed by atoms with E-state index in [1.54, 1.807) is 43.8 Å². The summed E-state index contributed by atoms with van der Waals surface area (Å²) in [7, 11) is 1.61. The standard InChI is InChI=1S/C22H25N7O4/c1-31-14-15-33-22-27-19(26-20(28-22)29-10-12-32-13-11-29)16-2-4-17(5-3-16)24-21(30)25-18-6-8-23-9-7-18/h2-9H,10-15H2,1H3,(H2,23,24,25,30). The zero-order chi connectivity index (χ0) is 22.9. The fourth-order valence-corrected chi connectivity index (χ4v) is 3.09. The normalized spacial score (nSPS) is 13.4. The average molecular weight is 451 g/mol. The third-order valence-electron chi connectivity index (χ3n) is 4.75. The minimum absolute atomic E-state index is 0.234. The van der Waals surface area contributed by atoms with Crippen molar-refractivity contribution in [2.45, 2.75) is 0 Å². The molecule has 4 rings (SSSR count). The first kappa shape index (κ1) is 22.4. The van der Waals surface area contributed by atoms with Crippen LogP contribution in [0.25, 0.3) is 11.4 Å². The van der Waals surface area contributed by atoms with Crippen LogP contribution in [0.1, 0.15) is 0 Å². The Morgan fingerprint density at radius 2 is 1.67 bits per heavy atom. The molecule has 0 bridgehead atoms. The number of pyridine rings is 1. The summed E-state index contributed by atoms with van der Waals surface area (Å²) in [5, 5.41) is 5.54. The fraction of sp³-hybridized carbons (Fsp3) is 0.318.